The number of nitrogens with one attached hydrogen (secondary N) is 1. The molecule has 0 bridgehead atoms. The van der Waals surface area contributed by atoms with Gasteiger partial charge in [0, 0.05) is 11.9 Å². The standard InChI is InChI=1S/C17H22N2O2/c1-4-14(20)7-8-18-17(21)15-10-13-6-5-11(2)9-16(13)19-12(15)3/h5-6,9-10,14,20H,4,7-8H2,1-3H3,(H,18,21). The van der Waals surface area contributed by atoms with Crippen molar-refractivity contribution in [3.63, 3.8) is 0 Å². The van der Waals surface area contributed by atoms with E-state index in [-0.39, 0.29) is 12.0 Å². The number of aliphatic hydroxyl groups is 1. The quantitative estimate of drug-likeness (QED) is 0.888. The van der Waals surface area contributed by atoms with Crippen LogP contribution in [0.5, 0.6) is 0 Å². The Morgan fingerprint density at radius 2 is 2.10 bits per heavy atom. The van der Waals surface area contributed by atoms with Crippen LogP contribution in [0.3, 0.4) is 0 Å². The minimum Gasteiger partial charge on any atom is -0.393 e. The smallest absolute Gasteiger partial charge is 0.253 e. The van der Waals surface area contributed by atoms with Gasteiger partial charge >= 0.3 is 0 Å². The minimum absolute atomic E-state index is 0.134. The van der Waals surface area contributed by atoms with Gasteiger partial charge in [-0.05, 0) is 44.4 Å². The highest BCUT2D eigenvalue weighted by molar-refractivity contribution is 5.98. The molecule has 21 heavy (non-hydrogen) atoms. The van der Waals surface area contributed by atoms with Gasteiger partial charge in [0.25, 0.3) is 5.91 Å². The molecule has 0 aliphatic rings. The summed E-state index contributed by atoms with van der Waals surface area (Å²) in [5.41, 5.74) is 3.38. The molecule has 0 aliphatic heterocycles. The van der Waals surface area contributed by atoms with Crippen molar-refractivity contribution in [2.24, 2.45) is 0 Å². The maximum atomic E-state index is 12.2. The first-order chi connectivity index (χ1) is 10.0. The van der Waals surface area contributed by atoms with Gasteiger partial charge in [-0.15, -0.1) is 0 Å². The number of pyridine rings is 1. The Kier molecular flexibility index (Phi) is 4.91. The second-order valence-corrected chi connectivity index (χ2v) is 5.42. The van der Waals surface area contributed by atoms with Crippen LogP contribution in [0, 0.1) is 13.8 Å². The number of rotatable bonds is 5. The van der Waals surface area contributed by atoms with Gasteiger partial charge in [-0.1, -0.05) is 19.1 Å². The monoisotopic (exact) mass is 286 g/mol. The summed E-state index contributed by atoms with van der Waals surface area (Å²) in [6.07, 6.45) is 0.914. The van der Waals surface area contributed by atoms with Crippen molar-refractivity contribution in [3.05, 3.63) is 41.1 Å². The van der Waals surface area contributed by atoms with Crippen molar-refractivity contribution in [2.45, 2.75) is 39.7 Å². The fraction of sp³-hybridized carbons (Fsp3) is 0.412. The molecule has 0 radical (unpaired) electrons. The molecule has 2 aromatic rings. The Balaban J connectivity index is 2.15. The largest absolute Gasteiger partial charge is 0.393 e. The lowest BCUT2D eigenvalue weighted by atomic mass is 10.1. The predicted octanol–water partition coefficient (Wildman–Crippen LogP) is 2.74. The maximum absolute atomic E-state index is 12.2. The van der Waals surface area contributed by atoms with Crippen LogP contribution in [0.2, 0.25) is 0 Å². The summed E-state index contributed by atoms with van der Waals surface area (Å²) in [4.78, 5) is 16.7. The van der Waals surface area contributed by atoms with Crippen LogP contribution < -0.4 is 5.32 Å². The zero-order valence-corrected chi connectivity index (χ0v) is 12.8. The Labute approximate surface area is 125 Å². The van der Waals surface area contributed by atoms with E-state index in [0.29, 0.717) is 24.9 Å². The number of aromatic nitrogens is 1. The number of carbonyl (C=O) groups excluding carboxylic acids is 1. The van der Waals surface area contributed by atoms with Gasteiger partial charge in [0.05, 0.1) is 22.9 Å². The molecule has 0 aliphatic carbocycles. The molecule has 2 N–H and O–H groups in total. The highest BCUT2D eigenvalue weighted by Gasteiger charge is 2.12. The number of fused-ring (bicyclic) bond motifs is 1. The zero-order chi connectivity index (χ0) is 15.4. The Bertz CT molecular complexity index is 653. The van der Waals surface area contributed by atoms with Crippen LogP contribution in [0.15, 0.2) is 24.3 Å². The lowest BCUT2D eigenvalue weighted by molar-refractivity contribution is 0.0941. The van der Waals surface area contributed by atoms with Crippen molar-refractivity contribution >= 4 is 16.8 Å². The number of hydrogen-bond acceptors (Lipinski definition) is 3. The van der Waals surface area contributed by atoms with E-state index in [1.807, 2.05) is 45.0 Å². The van der Waals surface area contributed by atoms with E-state index in [0.717, 1.165) is 22.2 Å². The van der Waals surface area contributed by atoms with Crippen LogP contribution in [0.25, 0.3) is 10.9 Å². The fourth-order valence-corrected chi connectivity index (χ4v) is 2.25. The first kappa shape index (κ1) is 15.4. The molecule has 0 saturated heterocycles. The van der Waals surface area contributed by atoms with E-state index in [9.17, 15) is 9.90 Å². The summed E-state index contributed by atoms with van der Waals surface area (Å²) in [7, 11) is 0. The Hall–Kier alpha value is -1.94. The fourth-order valence-electron chi connectivity index (χ4n) is 2.25. The lowest BCUT2D eigenvalue weighted by Crippen LogP contribution is -2.27. The van der Waals surface area contributed by atoms with Crippen LogP contribution in [-0.2, 0) is 0 Å². The molecule has 0 saturated carbocycles. The molecule has 0 spiro atoms. The number of aliphatic hydroxyl groups excluding tert-OH is 1. The van der Waals surface area contributed by atoms with Crippen molar-refractivity contribution in [1.82, 2.24) is 10.3 Å². The van der Waals surface area contributed by atoms with Crippen molar-refractivity contribution in [3.8, 4) is 0 Å². The molecule has 112 valence electrons. The zero-order valence-electron chi connectivity index (χ0n) is 12.8. The van der Waals surface area contributed by atoms with Crippen LogP contribution in [-0.4, -0.2) is 28.6 Å². The molecule has 1 aromatic heterocycles. The van der Waals surface area contributed by atoms with E-state index in [1.165, 1.54) is 0 Å². The van der Waals surface area contributed by atoms with E-state index in [2.05, 4.69) is 10.3 Å². The van der Waals surface area contributed by atoms with Crippen molar-refractivity contribution in [1.29, 1.82) is 0 Å². The summed E-state index contributed by atoms with van der Waals surface area (Å²) in [6.45, 7) is 6.26. The van der Waals surface area contributed by atoms with E-state index in [4.69, 9.17) is 0 Å². The minimum atomic E-state index is -0.357. The summed E-state index contributed by atoms with van der Waals surface area (Å²) in [5, 5.41) is 13.3. The molecular formula is C17H22N2O2. The third-order valence-electron chi connectivity index (χ3n) is 3.64. The molecule has 1 unspecified atom stereocenters. The summed E-state index contributed by atoms with van der Waals surface area (Å²) >= 11 is 0. The molecule has 1 aromatic carbocycles. The van der Waals surface area contributed by atoms with E-state index >= 15 is 0 Å². The summed E-state index contributed by atoms with van der Waals surface area (Å²) in [5.74, 6) is -0.134. The van der Waals surface area contributed by atoms with Gasteiger partial charge in [0.15, 0.2) is 0 Å². The molecule has 1 atom stereocenters. The Morgan fingerprint density at radius 1 is 1.33 bits per heavy atom. The first-order valence-electron chi connectivity index (χ1n) is 7.35. The number of amides is 1. The topological polar surface area (TPSA) is 62.2 Å². The molecule has 4 nitrogen and oxygen atoms in total. The molecule has 1 amide bonds. The van der Waals surface area contributed by atoms with Crippen molar-refractivity contribution < 1.29 is 9.90 Å². The lowest BCUT2D eigenvalue weighted by Gasteiger charge is -2.11. The second kappa shape index (κ2) is 6.68. The molecule has 1 heterocycles. The van der Waals surface area contributed by atoms with Crippen LogP contribution in [0.4, 0.5) is 0 Å². The average Bonchev–Trinajstić information content (AvgIpc) is 2.45. The highest BCUT2D eigenvalue weighted by Crippen LogP contribution is 2.18. The number of aryl methyl sites for hydroxylation is 2. The Morgan fingerprint density at radius 3 is 2.81 bits per heavy atom. The molecule has 2 rings (SSSR count). The number of nitrogens with zero attached hydrogens (tertiary/aromatic N) is 1. The van der Waals surface area contributed by atoms with Gasteiger partial charge in [-0.2, -0.15) is 0 Å². The maximum Gasteiger partial charge on any atom is 0.253 e. The second-order valence-electron chi connectivity index (χ2n) is 5.42. The first-order valence-corrected chi connectivity index (χ1v) is 7.35. The summed E-state index contributed by atoms with van der Waals surface area (Å²) in [6, 6.07) is 7.89. The number of hydrogen-bond donors (Lipinski definition) is 2. The normalized spacial score (nSPS) is 12.4. The molecular weight excluding hydrogens is 264 g/mol. The predicted molar refractivity (Wildman–Crippen MR) is 84.5 cm³/mol. The van der Waals surface area contributed by atoms with Crippen molar-refractivity contribution in [2.75, 3.05) is 6.54 Å². The van der Waals surface area contributed by atoms with E-state index in [1.54, 1.807) is 0 Å². The third kappa shape index (κ3) is 3.79. The van der Waals surface area contributed by atoms with Gasteiger partial charge in [0.2, 0.25) is 0 Å². The summed E-state index contributed by atoms with van der Waals surface area (Å²) < 4.78 is 0. The molecule has 4 heteroatoms. The average molecular weight is 286 g/mol. The van der Waals surface area contributed by atoms with Gasteiger partial charge in [0.1, 0.15) is 0 Å². The number of carbonyl (C=O) groups is 1. The third-order valence-corrected chi connectivity index (χ3v) is 3.64. The van der Waals surface area contributed by atoms with E-state index < -0.39 is 0 Å². The van der Waals surface area contributed by atoms with Gasteiger partial charge in [-0.3, -0.25) is 9.78 Å². The van der Waals surface area contributed by atoms with Gasteiger partial charge < -0.3 is 10.4 Å². The van der Waals surface area contributed by atoms with Gasteiger partial charge in [-0.25, -0.2) is 0 Å². The van der Waals surface area contributed by atoms with Crippen LogP contribution >= 0.6 is 0 Å². The highest BCUT2D eigenvalue weighted by atomic mass is 16.3. The van der Waals surface area contributed by atoms with Crippen LogP contribution in [0.1, 0.15) is 41.4 Å². The SMILES string of the molecule is CCC(O)CCNC(=O)c1cc2ccc(C)cc2nc1C. The molecule has 0 fully saturated rings. The number of benzene rings is 1.